The number of fused-ring (bicyclic) bond motifs is 1. The van der Waals surface area contributed by atoms with Crippen molar-refractivity contribution in [1.29, 1.82) is 5.41 Å². The first-order valence-electron chi connectivity index (χ1n) is 8.60. The van der Waals surface area contributed by atoms with Gasteiger partial charge in [0.05, 0.1) is 15.6 Å². The number of amides is 1. The smallest absolute Gasteiger partial charge is 0.283 e. The number of amidine groups is 2. The monoisotopic (exact) mass is 431 g/mol. The van der Waals surface area contributed by atoms with E-state index in [0.717, 1.165) is 29.3 Å². The van der Waals surface area contributed by atoms with E-state index in [0.29, 0.717) is 15.2 Å². The van der Waals surface area contributed by atoms with Gasteiger partial charge in [0.1, 0.15) is 5.04 Å². The number of carbonyl (C=O) groups is 1. The molecule has 0 unspecified atom stereocenters. The zero-order valence-electron chi connectivity index (χ0n) is 14.8. The van der Waals surface area contributed by atoms with Crippen LogP contribution in [0.4, 0.5) is 0 Å². The molecule has 1 aromatic heterocycles. The fourth-order valence-corrected chi connectivity index (χ4v) is 4.16. The number of hydrogen-bond acceptors (Lipinski definition) is 4. The molecule has 0 atom stereocenters. The average Bonchev–Trinajstić information content (AvgIpc) is 3.28. The van der Waals surface area contributed by atoms with Crippen molar-refractivity contribution in [2.24, 2.45) is 10.1 Å². The van der Waals surface area contributed by atoms with Crippen molar-refractivity contribution < 1.29 is 4.79 Å². The van der Waals surface area contributed by atoms with Crippen LogP contribution in [0, 0.1) is 5.41 Å². The Hall–Kier alpha value is -2.35. The Kier molecular flexibility index (Phi) is 5.14. The maximum Gasteiger partial charge on any atom is 0.283 e. The van der Waals surface area contributed by atoms with Crippen LogP contribution in [0.5, 0.6) is 0 Å². The molecule has 3 heterocycles. The lowest BCUT2D eigenvalue weighted by Crippen LogP contribution is -2.35. The fourth-order valence-electron chi connectivity index (χ4n) is 2.88. The Morgan fingerprint density at radius 2 is 2.07 bits per heavy atom. The Labute approximate surface area is 176 Å². The Bertz CT molecular complexity index is 1090. The molecule has 1 amide bonds. The Balaban J connectivity index is 1.71. The number of hydrogen-bond donors (Lipinski definition) is 1. The van der Waals surface area contributed by atoms with Crippen LogP contribution in [0.1, 0.15) is 25.5 Å². The lowest BCUT2D eigenvalue weighted by atomic mass is 10.1. The summed E-state index contributed by atoms with van der Waals surface area (Å²) < 4.78 is 1.86. The van der Waals surface area contributed by atoms with E-state index >= 15 is 0 Å². The summed E-state index contributed by atoms with van der Waals surface area (Å²) in [5.41, 5.74) is 1.70. The van der Waals surface area contributed by atoms with Gasteiger partial charge in [-0.3, -0.25) is 10.2 Å². The number of rotatable bonds is 4. The minimum absolute atomic E-state index is 0.0236. The zero-order chi connectivity index (χ0) is 19.8. The van der Waals surface area contributed by atoms with E-state index in [1.165, 1.54) is 16.8 Å². The Morgan fingerprint density at radius 1 is 1.25 bits per heavy atom. The summed E-state index contributed by atoms with van der Waals surface area (Å²) in [7, 11) is 0. The van der Waals surface area contributed by atoms with Crippen LogP contribution in [0.15, 0.2) is 52.2 Å². The molecule has 1 aromatic carbocycles. The summed E-state index contributed by atoms with van der Waals surface area (Å²) in [5, 5.41) is 16.5. The summed E-state index contributed by atoms with van der Waals surface area (Å²) >= 11 is 13.5. The molecule has 0 aliphatic carbocycles. The van der Waals surface area contributed by atoms with Crippen LogP contribution in [-0.4, -0.2) is 31.5 Å². The normalized spacial score (nSPS) is 17.8. The standard InChI is InChI=1S/C19H15Cl2N5OS/c1-2-4-16-24-26-17(22)13(18(27)23-19(26)28-16)9-11-5-3-8-25(11)12-6-7-14(20)15(21)10-12/h3,5-10,22H,2,4H2,1H3/b13-9-,22-17?. The lowest BCUT2D eigenvalue weighted by Gasteiger charge is -2.20. The maximum atomic E-state index is 12.5. The van der Waals surface area contributed by atoms with Gasteiger partial charge in [0.15, 0.2) is 5.84 Å². The van der Waals surface area contributed by atoms with E-state index in [1.807, 2.05) is 29.0 Å². The van der Waals surface area contributed by atoms with Gasteiger partial charge in [0, 0.05) is 17.6 Å². The van der Waals surface area contributed by atoms with E-state index in [4.69, 9.17) is 28.6 Å². The van der Waals surface area contributed by atoms with Crippen molar-refractivity contribution in [2.45, 2.75) is 19.8 Å². The molecule has 2 aliphatic heterocycles. The third kappa shape index (κ3) is 3.41. The quantitative estimate of drug-likeness (QED) is 0.675. The van der Waals surface area contributed by atoms with Gasteiger partial charge < -0.3 is 4.57 Å². The van der Waals surface area contributed by atoms with Crippen LogP contribution >= 0.6 is 35.0 Å². The molecule has 6 nitrogen and oxygen atoms in total. The van der Waals surface area contributed by atoms with Gasteiger partial charge in [0.2, 0.25) is 5.17 Å². The molecule has 0 fully saturated rings. The highest BCUT2D eigenvalue weighted by Crippen LogP contribution is 2.30. The second-order valence-corrected chi connectivity index (χ2v) is 8.02. The number of carbonyl (C=O) groups excluding carboxylic acids is 1. The highest BCUT2D eigenvalue weighted by Gasteiger charge is 2.35. The summed E-state index contributed by atoms with van der Waals surface area (Å²) in [6.45, 7) is 2.06. The molecule has 0 saturated heterocycles. The highest BCUT2D eigenvalue weighted by molar-refractivity contribution is 8.26. The number of benzene rings is 1. The van der Waals surface area contributed by atoms with Gasteiger partial charge in [-0.25, -0.2) is 0 Å². The van der Waals surface area contributed by atoms with Crippen LogP contribution in [0.25, 0.3) is 11.8 Å². The highest BCUT2D eigenvalue weighted by atomic mass is 35.5. The molecular formula is C19H15Cl2N5OS. The fraction of sp³-hybridized carbons (Fsp3) is 0.158. The summed E-state index contributed by atoms with van der Waals surface area (Å²) in [5.74, 6) is -0.422. The van der Waals surface area contributed by atoms with Crippen molar-refractivity contribution >= 4 is 63.0 Å². The van der Waals surface area contributed by atoms with Crippen LogP contribution in [-0.2, 0) is 4.79 Å². The van der Waals surface area contributed by atoms with Crippen molar-refractivity contribution in [3.63, 3.8) is 0 Å². The van der Waals surface area contributed by atoms with Crippen molar-refractivity contribution in [1.82, 2.24) is 9.58 Å². The molecule has 4 rings (SSSR count). The third-order valence-corrected chi connectivity index (χ3v) is 5.92. The van der Waals surface area contributed by atoms with E-state index < -0.39 is 5.91 Å². The number of hydrazone groups is 1. The predicted octanol–water partition coefficient (Wildman–Crippen LogP) is 5.20. The second-order valence-electron chi connectivity index (χ2n) is 6.17. The Morgan fingerprint density at radius 3 is 2.82 bits per heavy atom. The van der Waals surface area contributed by atoms with Gasteiger partial charge in [-0.2, -0.15) is 15.1 Å². The van der Waals surface area contributed by atoms with E-state index in [9.17, 15) is 4.79 Å². The maximum absolute atomic E-state index is 12.5. The van der Waals surface area contributed by atoms with Crippen molar-refractivity contribution in [3.05, 3.63) is 57.8 Å². The molecular weight excluding hydrogens is 417 g/mol. The SMILES string of the molecule is CCCC1=NN2C(=N)/C(=C/c3cccn3-c3ccc(Cl)c(Cl)c3)C(=O)N=C2S1. The first kappa shape index (κ1) is 19.0. The topological polar surface area (TPSA) is 73.8 Å². The molecule has 9 heteroatoms. The summed E-state index contributed by atoms with van der Waals surface area (Å²) in [6, 6.07) is 8.99. The number of aromatic nitrogens is 1. The molecule has 0 spiro atoms. The van der Waals surface area contributed by atoms with Gasteiger partial charge in [-0.05, 0) is 61.0 Å². The number of thioether (sulfide) groups is 1. The molecule has 0 radical (unpaired) electrons. The number of nitrogens with one attached hydrogen (secondary N) is 1. The average molecular weight is 432 g/mol. The molecule has 0 bridgehead atoms. The molecule has 1 N–H and O–H groups in total. The van der Waals surface area contributed by atoms with E-state index in [-0.39, 0.29) is 11.4 Å². The minimum Gasteiger partial charge on any atom is -0.317 e. The van der Waals surface area contributed by atoms with Crippen LogP contribution < -0.4 is 0 Å². The second kappa shape index (κ2) is 7.58. The first-order chi connectivity index (χ1) is 13.5. The third-order valence-electron chi connectivity index (χ3n) is 4.21. The van der Waals surface area contributed by atoms with Crippen molar-refractivity contribution in [2.75, 3.05) is 0 Å². The first-order valence-corrected chi connectivity index (χ1v) is 10.2. The molecule has 28 heavy (non-hydrogen) atoms. The zero-order valence-corrected chi connectivity index (χ0v) is 17.1. The van der Waals surface area contributed by atoms with Crippen LogP contribution in [0.3, 0.4) is 0 Å². The number of nitrogens with zero attached hydrogens (tertiary/aromatic N) is 4. The molecule has 2 aromatic rings. The minimum atomic E-state index is -0.446. The number of aliphatic imine (C=N–C) groups is 1. The van der Waals surface area contributed by atoms with Crippen molar-refractivity contribution in [3.8, 4) is 5.69 Å². The van der Waals surface area contributed by atoms with Gasteiger partial charge in [-0.15, -0.1) is 0 Å². The number of halogens is 2. The molecule has 142 valence electrons. The van der Waals surface area contributed by atoms with Crippen LogP contribution in [0.2, 0.25) is 10.0 Å². The van der Waals surface area contributed by atoms with Gasteiger partial charge in [-0.1, -0.05) is 30.1 Å². The molecule has 0 saturated carbocycles. The predicted molar refractivity (Wildman–Crippen MR) is 116 cm³/mol. The largest absolute Gasteiger partial charge is 0.317 e. The van der Waals surface area contributed by atoms with E-state index in [1.54, 1.807) is 18.2 Å². The lowest BCUT2D eigenvalue weighted by molar-refractivity contribution is -0.114. The summed E-state index contributed by atoms with van der Waals surface area (Å²) in [4.78, 5) is 16.7. The van der Waals surface area contributed by atoms with Gasteiger partial charge in [0.25, 0.3) is 5.91 Å². The molecule has 2 aliphatic rings. The van der Waals surface area contributed by atoms with E-state index in [2.05, 4.69) is 17.0 Å². The summed E-state index contributed by atoms with van der Waals surface area (Å²) in [6.07, 6.45) is 5.22. The van der Waals surface area contributed by atoms with Gasteiger partial charge >= 0.3 is 0 Å².